The molecule has 0 unspecified atom stereocenters. The Morgan fingerprint density at radius 3 is 3.05 bits per heavy atom. The molecular weight excluding hydrogens is 274 g/mol. The van der Waals surface area contributed by atoms with Gasteiger partial charge in [0.15, 0.2) is 0 Å². The molecule has 1 aromatic carbocycles. The van der Waals surface area contributed by atoms with Crippen molar-refractivity contribution >= 4 is 17.2 Å². The van der Waals surface area contributed by atoms with Crippen LogP contribution in [0.3, 0.4) is 0 Å². The molecule has 0 bridgehead atoms. The first kappa shape index (κ1) is 14.2. The lowest BCUT2D eigenvalue weighted by Crippen LogP contribution is -2.25. The van der Waals surface area contributed by atoms with Crippen LogP contribution in [0.2, 0.25) is 0 Å². The first-order chi connectivity index (χ1) is 9.56. The van der Waals surface area contributed by atoms with E-state index in [2.05, 4.69) is 4.98 Å². The van der Waals surface area contributed by atoms with Gasteiger partial charge in [-0.1, -0.05) is 24.4 Å². The van der Waals surface area contributed by atoms with Crippen LogP contribution >= 0.6 is 12.2 Å². The van der Waals surface area contributed by atoms with E-state index in [1.54, 1.807) is 18.5 Å². The van der Waals surface area contributed by atoms with Gasteiger partial charge in [-0.05, 0) is 24.6 Å². The van der Waals surface area contributed by atoms with Crippen LogP contribution in [0.1, 0.15) is 11.1 Å². The topological polar surface area (TPSA) is 70.1 Å². The van der Waals surface area contributed by atoms with Crippen molar-refractivity contribution in [2.45, 2.75) is 13.5 Å². The molecule has 20 heavy (non-hydrogen) atoms. The summed E-state index contributed by atoms with van der Waals surface area (Å²) in [6, 6.07) is 7.24. The van der Waals surface area contributed by atoms with E-state index in [0.717, 1.165) is 11.1 Å². The Hall–Kier alpha value is -2.21. The van der Waals surface area contributed by atoms with Gasteiger partial charge in [0.05, 0.1) is 6.54 Å². The van der Waals surface area contributed by atoms with Gasteiger partial charge in [-0.15, -0.1) is 0 Å². The number of rotatable bonds is 5. The lowest BCUT2D eigenvalue weighted by molar-refractivity contribution is 0.295. The van der Waals surface area contributed by atoms with Crippen LogP contribution in [-0.4, -0.2) is 21.1 Å². The molecule has 0 amide bonds. The van der Waals surface area contributed by atoms with E-state index in [0.29, 0.717) is 23.9 Å². The Morgan fingerprint density at radius 1 is 1.50 bits per heavy atom. The Bertz CT molecular complexity index is 682. The fourth-order valence-electron chi connectivity index (χ4n) is 1.73. The average Bonchev–Trinajstić information content (AvgIpc) is 2.43. The number of nitrogens with zero attached hydrogens (tertiary/aromatic N) is 2. The highest BCUT2D eigenvalue weighted by molar-refractivity contribution is 7.80. The molecule has 0 aliphatic carbocycles. The molecule has 104 valence electrons. The number of benzene rings is 1. The zero-order valence-corrected chi connectivity index (χ0v) is 11.9. The Labute approximate surface area is 122 Å². The summed E-state index contributed by atoms with van der Waals surface area (Å²) in [5, 5.41) is 0. The maximum Gasteiger partial charge on any atom is 0.347 e. The van der Waals surface area contributed by atoms with E-state index in [1.165, 1.54) is 4.57 Å². The van der Waals surface area contributed by atoms with Gasteiger partial charge in [-0.2, -0.15) is 0 Å². The molecule has 0 saturated heterocycles. The summed E-state index contributed by atoms with van der Waals surface area (Å²) < 4.78 is 7.11. The highest BCUT2D eigenvalue weighted by Gasteiger charge is 2.01. The Balaban J connectivity index is 1.99. The second-order valence-corrected chi connectivity index (χ2v) is 4.79. The van der Waals surface area contributed by atoms with E-state index in [1.807, 2.05) is 25.1 Å². The maximum absolute atomic E-state index is 11.5. The molecule has 5 nitrogen and oxygen atoms in total. The van der Waals surface area contributed by atoms with Crippen molar-refractivity contribution in [3.63, 3.8) is 0 Å². The second-order valence-electron chi connectivity index (χ2n) is 4.35. The molecule has 1 heterocycles. The molecule has 2 aromatic rings. The molecule has 6 heteroatoms. The monoisotopic (exact) mass is 289 g/mol. The van der Waals surface area contributed by atoms with Crippen molar-refractivity contribution in [1.29, 1.82) is 0 Å². The Kier molecular flexibility index (Phi) is 4.47. The van der Waals surface area contributed by atoms with Crippen LogP contribution in [0.25, 0.3) is 0 Å². The molecule has 2 rings (SSSR count). The van der Waals surface area contributed by atoms with Crippen molar-refractivity contribution in [2.24, 2.45) is 5.73 Å². The standard InChI is InChI=1S/C14H15N3O2S/c1-10-8-16-14(18)17(9-10)5-6-19-12-4-2-3-11(7-12)13(15)20/h2-4,7-9H,5-6H2,1H3,(H2,15,20). The van der Waals surface area contributed by atoms with Crippen molar-refractivity contribution in [3.05, 3.63) is 58.3 Å². The number of ether oxygens (including phenoxy) is 1. The number of hydrogen-bond acceptors (Lipinski definition) is 4. The van der Waals surface area contributed by atoms with Crippen LogP contribution in [0.5, 0.6) is 5.75 Å². The van der Waals surface area contributed by atoms with E-state index >= 15 is 0 Å². The first-order valence-corrected chi connectivity index (χ1v) is 6.53. The molecule has 0 saturated carbocycles. The zero-order chi connectivity index (χ0) is 14.5. The van der Waals surface area contributed by atoms with Crippen LogP contribution in [-0.2, 0) is 6.54 Å². The first-order valence-electron chi connectivity index (χ1n) is 6.12. The van der Waals surface area contributed by atoms with Crippen molar-refractivity contribution in [1.82, 2.24) is 9.55 Å². The summed E-state index contributed by atoms with van der Waals surface area (Å²) in [6.07, 6.45) is 3.30. The normalized spacial score (nSPS) is 10.2. The predicted molar refractivity (Wildman–Crippen MR) is 81.1 cm³/mol. The van der Waals surface area contributed by atoms with E-state index < -0.39 is 0 Å². The van der Waals surface area contributed by atoms with Gasteiger partial charge in [0.1, 0.15) is 17.3 Å². The van der Waals surface area contributed by atoms with Gasteiger partial charge in [-0.3, -0.25) is 4.57 Å². The fraction of sp³-hybridized carbons (Fsp3) is 0.214. The molecule has 0 atom stereocenters. The summed E-state index contributed by atoms with van der Waals surface area (Å²) in [6.45, 7) is 2.69. The predicted octanol–water partition coefficient (Wildman–Crippen LogP) is 1.26. The quantitative estimate of drug-likeness (QED) is 0.839. The summed E-state index contributed by atoms with van der Waals surface area (Å²) >= 11 is 4.91. The lowest BCUT2D eigenvalue weighted by atomic mass is 10.2. The van der Waals surface area contributed by atoms with Crippen molar-refractivity contribution in [3.8, 4) is 5.75 Å². The molecule has 0 radical (unpaired) electrons. The van der Waals surface area contributed by atoms with Crippen LogP contribution in [0.15, 0.2) is 41.5 Å². The van der Waals surface area contributed by atoms with Gasteiger partial charge >= 0.3 is 5.69 Å². The second kappa shape index (κ2) is 6.29. The highest BCUT2D eigenvalue weighted by Crippen LogP contribution is 2.13. The van der Waals surface area contributed by atoms with E-state index in [4.69, 9.17) is 22.7 Å². The minimum absolute atomic E-state index is 0.281. The van der Waals surface area contributed by atoms with Crippen LogP contribution < -0.4 is 16.2 Å². The van der Waals surface area contributed by atoms with Crippen LogP contribution in [0, 0.1) is 6.92 Å². The number of hydrogen-bond donors (Lipinski definition) is 1. The smallest absolute Gasteiger partial charge is 0.347 e. The SMILES string of the molecule is Cc1cnc(=O)n(CCOc2cccc(C(N)=S)c2)c1. The average molecular weight is 289 g/mol. The zero-order valence-electron chi connectivity index (χ0n) is 11.1. The summed E-state index contributed by atoms with van der Waals surface area (Å²) in [7, 11) is 0. The van der Waals surface area contributed by atoms with Gasteiger partial charge < -0.3 is 10.5 Å². The molecule has 1 aromatic heterocycles. The lowest BCUT2D eigenvalue weighted by Gasteiger charge is -2.09. The minimum Gasteiger partial charge on any atom is -0.492 e. The van der Waals surface area contributed by atoms with Gasteiger partial charge in [0.2, 0.25) is 0 Å². The molecule has 0 aliphatic heterocycles. The maximum atomic E-state index is 11.5. The molecular formula is C14H15N3O2S. The third-order valence-electron chi connectivity index (χ3n) is 2.70. The highest BCUT2D eigenvalue weighted by atomic mass is 32.1. The number of aromatic nitrogens is 2. The molecule has 2 N–H and O–H groups in total. The summed E-state index contributed by atoms with van der Waals surface area (Å²) in [5.41, 5.74) is 6.97. The number of thiocarbonyl (C=S) groups is 1. The number of nitrogens with two attached hydrogens (primary N) is 1. The molecule has 0 spiro atoms. The van der Waals surface area contributed by atoms with E-state index in [9.17, 15) is 4.79 Å². The van der Waals surface area contributed by atoms with Crippen molar-refractivity contribution in [2.75, 3.05) is 6.61 Å². The van der Waals surface area contributed by atoms with Crippen molar-refractivity contribution < 1.29 is 4.74 Å². The summed E-state index contributed by atoms with van der Waals surface area (Å²) in [4.78, 5) is 15.6. The Morgan fingerprint density at radius 2 is 2.30 bits per heavy atom. The minimum atomic E-state index is -0.281. The van der Waals surface area contributed by atoms with Gasteiger partial charge in [-0.25, -0.2) is 9.78 Å². The number of aryl methyl sites for hydroxylation is 1. The third-order valence-corrected chi connectivity index (χ3v) is 2.94. The van der Waals surface area contributed by atoms with E-state index in [-0.39, 0.29) is 5.69 Å². The largest absolute Gasteiger partial charge is 0.492 e. The molecule has 0 aliphatic rings. The van der Waals surface area contributed by atoms with Gasteiger partial charge in [0.25, 0.3) is 0 Å². The van der Waals surface area contributed by atoms with Crippen LogP contribution in [0.4, 0.5) is 0 Å². The summed E-state index contributed by atoms with van der Waals surface area (Å²) in [5.74, 6) is 0.670. The molecule has 0 fully saturated rings. The third kappa shape index (κ3) is 3.64. The fourth-order valence-corrected chi connectivity index (χ4v) is 1.85. The van der Waals surface area contributed by atoms with Gasteiger partial charge in [0, 0.05) is 18.0 Å².